The number of hydrogen-bond acceptors (Lipinski definition) is 3. The molecule has 0 unspecified atom stereocenters. The number of amides is 1. The third-order valence-electron chi connectivity index (χ3n) is 1.01. The summed E-state index contributed by atoms with van der Waals surface area (Å²) in [6.07, 6.45) is -5.13. The number of carbonyl (C=O) groups excluding carboxylic acids is 1. The maximum atomic E-state index is 11.7. The van der Waals surface area contributed by atoms with Crippen LogP contribution in [0.1, 0.15) is 13.3 Å². The Kier molecular flexibility index (Phi) is 4.53. The van der Waals surface area contributed by atoms with Gasteiger partial charge in [0.25, 0.3) is 0 Å². The van der Waals surface area contributed by atoms with Crippen molar-refractivity contribution in [2.24, 2.45) is 5.84 Å². The molecule has 0 aromatic carbocycles. The first-order valence-electron chi connectivity index (χ1n) is 3.62. The van der Waals surface area contributed by atoms with Crippen molar-refractivity contribution in [2.45, 2.75) is 19.5 Å². The summed E-state index contributed by atoms with van der Waals surface area (Å²) in [4.78, 5) is 10.7. The van der Waals surface area contributed by atoms with Crippen LogP contribution in [-0.2, 0) is 4.74 Å². The van der Waals surface area contributed by atoms with E-state index in [9.17, 15) is 18.0 Å². The Morgan fingerprint density at radius 3 is 2.46 bits per heavy atom. The third kappa shape index (κ3) is 6.21. The van der Waals surface area contributed by atoms with E-state index in [1.54, 1.807) is 6.92 Å². The van der Waals surface area contributed by atoms with Gasteiger partial charge in [0.1, 0.15) is 6.54 Å². The van der Waals surface area contributed by atoms with E-state index in [0.29, 0.717) is 6.42 Å². The molecule has 13 heavy (non-hydrogen) atoms. The Bertz CT molecular complexity index is 172. The van der Waals surface area contributed by atoms with Crippen LogP contribution >= 0.6 is 0 Å². The van der Waals surface area contributed by atoms with E-state index < -0.39 is 18.8 Å². The first-order valence-corrected chi connectivity index (χ1v) is 3.62. The summed E-state index contributed by atoms with van der Waals surface area (Å²) in [5, 5.41) is -0.00431. The second kappa shape index (κ2) is 4.90. The molecule has 0 saturated heterocycles. The summed E-state index contributed by atoms with van der Waals surface area (Å²) in [5.74, 6) is 4.78. The van der Waals surface area contributed by atoms with Gasteiger partial charge in [-0.05, 0) is 6.42 Å². The van der Waals surface area contributed by atoms with Crippen molar-refractivity contribution in [1.29, 1.82) is 0 Å². The Morgan fingerprint density at radius 2 is 2.08 bits per heavy atom. The van der Waals surface area contributed by atoms with Crippen molar-refractivity contribution >= 4 is 6.09 Å². The second-order valence-corrected chi connectivity index (χ2v) is 2.36. The lowest BCUT2D eigenvalue weighted by Gasteiger charge is -2.17. The molecule has 0 bridgehead atoms. The highest BCUT2D eigenvalue weighted by molar-refractivity contribution is 5.66. The van der Waals surface area contributed by atoms with E-state index in [0.717, 1.165) is 0 Å². The van der Waals surface area contributed by atoms with Gasteiger partial charge in [-0.15, -0.1) is 0 Å². The monoisotopic (exact) mass is 200 g/mol. The molecule has 7 heteroatoms. The van der Waals surface area contributed by atoms with E-state index in [-0.39, 0.29) is 11.6 Å². The van der Waals surface area contributed by atoms with E-state index in [4.69, 9.17) is 5.84 Å². The summed E-state index contributed by atoms with van der Waals surface area (Å²) in [6.45, 7) is 0.276. The number of hydrogen-bond donors (Lipinski definition) is 1. The van der Waals surface area contributed by atoms with E-state index in [1.807, 2.05) is 0 Å². The van der Waals surface area contributed by atoms with E-state index >= 15 is 0 Å². The summed E-state index contributed by atoms with van der Waals surface area (Å²) >= 11 is 0. The fourth-order valence-electron chi connectivity index (χ4n) is 0.530. The van der Waals surface area contributed by atoms with Crippen molar-refractivity contribution in [3.05, 3.63) is 0 Å². The van der Waals surface area contributed by atoms with Crippen LogP contribution in [0.5, 0.6) is 0 Å². The highest BCUT2D eigenvalue weighted by atomic mass is 19.4. The summed E-state index contributed by atoms with van der Waals surface area (Å²) in [6, 6.07) is 0. The van der Waals surface area contributed by atoms with Gasteiger partial charge >= 0.3 is 12.3 Å². The molecule has 78 valence electrons. The average molecular weight is 200 g/mol. The first kappa shape index (κ1) is 12.0. The summed E-state index contributed by atoms with van der Waals surface area (Å²) < 4.78 is 39.3. The van der Waals surface area contributed by atoms with Gasteiger partial charge in [0.2, 0.25) is 0 Å². The Morgan fingerprint density at radius 1 is 1.54 bits per heavy atom. The number of ether oxygens (including phenoxy) is 1. The quantitative estimate of drug-likeness (QED) is 0.424. The summed E-state index contributed by atoms with van der Waals surface area (Å²) in [5.41, 5.74) is 0. The Hall–Kier alpha value is -0.980. The summed E-state index contributed by atoms with van der Waals surface area (Å²) in [7, 11) is 0. The van der Waals surface area contributed by atoms with Crippen molar-refractivity contribution in [2.75, 3.05) is 13.2 Å². The number of rotatable bonds is 3. The van der Waals surface area contributed by atoms with Crippen molar-refractivity contribution in [1.82, 2.24) is 5.01 Å². The number of alkyl halides is 3. The topological polar surface area (TPSA) is 55.6 Å². The number of halogens is 3. The fourth-order valence-corrected chi connectivity index (χ4v) is 0.530. The van der Waals surface area contributed by atoms with Gasteiger partial charge in [-0.3, -0.25) is 0 Å². The van der Waals surface area contributed by atoms with Crippen LogP contribution in [0.2, 0.25) is 0 Å². The lowest BCUT2D eigenvalue weighted by molar-refractivity contribution is -0.143. The number of nitrogens with zero attached hydrogens (tertiary/aromatic N) is 1. The van der Waals surface area contributed by atoms with Crippen LogP contribution in [0.15, 0.2) is 0 Å². The van der Waals surface area contributed by atoms with Gasteiger partial charge in [0, 0.05) is 0 Å². The highest BCUT2D eigenvalue weighted by Gasteiger charge is 2.32. The maximum Gasteiger partial charge on any atom is 0.424 e. The van der Waals surface area contributed by atoms with Gasteiger partial charge < -0.3 is 4.74 Å². The fraction of sp³-hybridized carbons (Fsp3) is 0.833. The van der Waals surface area contributed by atoms with Crippen molar-refractivity contribution < 1.29 is 22.7 Å². The predicted molar refractivity (Wildman–Crippen MR) is 38.6 cm³/mol. The Balaban J connectivity index is 3.83. The standard InChI is InChI=1S/C6H11F3N2O2/c1-2-3-13-5(12)11(10)4-6(7,8)9/h2-4,10H2,1H3. The van der Waals surface area contributed by atoms with Crippen LogP contribution in [0.25, 0.3) is 0 Å². The third-order valence-corrected chi connectivity index (χ3v) is 1.01. The van der Waals surface area contributed by atoms with Crippen molar-refractivity contribution in [3.63, 3.8) is 0 Å². The van der Waals surface area contributed by atoms with Crippen LogP contribution in [0.3, 0.4) is 0 Å². The second-order valence-electron chi connectivity index (χ2n) is 2.36. The minimum absolute atomic E-state index is 0.00431. The van der Waals surface area contributed by atoms with Gasteiger partial charge in [-0.1, -0.05) is 6.92 Å². The molecule has 2 N–H and O–H groups in total. The van der Waals surface area contributed by atoms with E-state index in [1.165, 1.54) is 0 Å². The molecule has 0 spiro atoms. The molecule has 0 saturated carbocycles. The molecular formula is C6H11F3N2O2. The Labute approximate surface area is 73.4 Å². The van der Waals surface area contributed by atoms with Crippen LogP contribution in [0, 0.1) is 0 Å². The molecule has 0 aliphatic rings. The van der Waals surface area contributed by atoms with Gasteiger partial charge in [-0.25, -0.2) is 15.6 Å². The van der Waals surface area contributed by atoms with Crippen LogP contribution in [-0.4, -0.2) is 30.4 Å². The number of carbonyl (C=O) groups is 1. The molecule has 0 aliphatic carbocycles. The lowest BCUT2D eigenvalue weighted by Crippen LogP contribution is -2.44. The minimum Gasteiger partial charge on any atom is -0.448 e. The molecule has 0 atom stereocenters. The minimum atomic E-state index is -4.50. The largest absolute Gasteiger partial charge is 0.448 e. The van der Waals surface area contributed by atoms with Gasteiger partial charge in [0.05, 0.1) is 6.61 Å². The normalized spacial score (nSPS) is 11.2. The zero-order valence-corrected chi connectivity index (χ0v) is 7.10. The predicted octanol–water partition coefficient (Wildman–Crippen LogP) is 1.27. The van der Waals surface area contributed by atoms with Gasteiger partial charge in [-0.2, -0.15) is 13.2 Å². The molecule has 0 rings (SSSR count). The number of nitrogens with two attached hydrogens (primary N) is 1. The molecule has 4 nitrogen and oxygen atoms in total. The average Bonchev–Trinajstić information content (AvgIpc) is 1.96. The molecule has 1 amide bonds. The zero-order valence-electron chi connectivity index (χ0n) is 7.10. The van der Waals surface area contributed by atoms with E-state index in [2.05, 4.69) is 4.74 Å². The smallest absolute Gasteiger partial charge is 0.424 e. The highest BCUT2D eigenvalue weighted by Crippen LogP contribution is 2.14. The lowest BCUT2D eigenvalue weighted by atomic mass is 10.5. The molecule has 0 aromatic rings. The molecular weight excluding hydrogens is 189 g/mol. The molecule has 0 heterocycles. The van der Waals surface area contributed by atoms with Crippen LogP contribution < -0.4 is 5.84 Å². The SMILES string of the molecule is CCCOC(=O)N(N)CC(F)(F)F. The van der Waals surface area contributed by atoms with Gasteiger partial charge in [0.15, 0.2) is 0 Å². The van der Waals surface area contributed by atoms with Crippen molar-refractivity contribution in [3.8, 4) is 0 Å². The van der Waals surface area contributed by atoms with Crippen LogP contribution in [0.4, 0.5) is 18.0 Å². The zero-order chi connectivity index (χ0) is 10.5. The molecule has 0 radical (unpaired) electrons. The molecule has 0 aromatic heterocycles. The maximum absolute atomic E-state index is 11.7. The molecule has 0 fully saturated rings. The first-order chi connectivity index (χ1) is 5.87. The molecule has 0 aliphatic heterocycles. The number of hydrazine groups is 1.